The van der Waals surface area contributed by atoms with E-state index in [-0.39, 0.29) is 6.10 Å². The fourth-order valence-corrected chi connectivity index (χ4v) is 5.28. The van der Waals surface area contributed by atoms with Gasteiger partial charge >= 0.3 is 0 Å². The number of fused-ring (bicyclic) bond motifs is 2. The van der Waals surface area contributed by atoms with Crippen LogP contribution in [0.3, 0.4) is 0 Å². The number of hydrogen-bond acceptors (Lipinski definition) is 3. The molecule has 0 spiro atoms. The molecular weight excluding hydrogens is 274 g/mol. The maximum absolute atomic E-state index is 10.4. The Hall–Kier alpha value is -0.120. The van der Waals surface area contributed by atoms with E-state index in [0.717, 1.165) is 25.6 Å². The summed E-state index contributed by atoms with van der Waals surface area (Å²) in [5.41, 5.74) is 0.702. The van der Waals surface area contributed by atoms with Gasteiger partial charge < -0.3 is 14.7 Å². The molecule has 2 aliphatic carbocycles. The van der Waals surface area contributed by atoms with Gasteiger partial charge in [-0.2, -0.15) is 0 Å². The molecule has 3 heteroatoms. The lowest BCUT2D eigenvalue weighted by Gasteiger charge is -2.39. The van der Waals surface area contributed by atoms with Gasteiger partial charge in [-0.15, -0.1) is 0 Å². The van der Waals surface area contributed by atoms with Crippen molar-refractivity contribution in [3.63, 3.8) is 0 Å². The second-order valence-corrected chi connectivity index (χ2v) is 8.80. The van der Waals surface area contributed by atoms with Crippen LogP contribution in [0.1, 0.15) is 65.7 Å². The van der Waals surface area contributed by atoms with Crippen LogP contribution in [0.4, 0.5) is 0 Å². The maximum atomic E-state index is 10.4. The highest BCUT2D eigenvalue weighted by molar-refractivity contribution is 5.11. The quantitative estimate of drug-likeness (QED) is 0.844. The molecule has 2 bridgehead atoms. The molecule has 0 aromatic rings. The Bertz CT molecular complexity index is 376. The summed E-state index contributed by atoms with van der Waals surface area (Å²) < 4.78 is 6.23. The Morgan fingerprint density at radius 2 is 1.82 bits per heavy atom. The zero-order valence-corrected chi connectivity index (χ0v) is 14.8. The molecule has 0 radical (unpaired) electrons. The number of β-amino-alcohol motifs (C(OH)–C–C–N with tert-alkyl or cyclic N) is 1. The molecule has 0 aromatic carbocycles. The fourth-order valence-electron chi connectivity index (χ4n) is 5.28. The molecule has 3 fully saturated rings. The molecule has 3 aliphatic rings. The van der Waals surface area contributed by atoms with Crippen LogP contribution in [0.15, 0.2) is 0 Å². The van der Waals surface area contributed by atoms with Crippen LogP contribution < -0.4 is 0 Å². The molecular formula is C19H35NO2. The predicted molar refractivity (Wildman–Crippen MR) is 89.9 cm³/mol. The van der Waals surface area contributed by atoms with Crippen molar-refractivity contribution in [3.05, 3.63) is 0 Å². The van der Waals surface area contributed by atoms with E-state index in [1.165, 1.54) is 44.9 Å². The first kappa shape index (κ1) is 16.7. The minimum Gasteiger partial charge on any atom is -0.389 e. The fraction of sp³-hybridized carbons (Fsp3) is 1.00. The highest BCUT2D eigenvalue weighted by Gasteiger charge is 2.61. The highest BCUT2D eigenvalue weighted by atomic mass is 16.5. The van der Waals surface area contributed by atoms with Crippen molar-refractivity contribution in [3.8, 4) is 0 Å². The van der Waals surface area contributed by atoms with Crippen molar-refractivity contribution in [1.82, 2.24) is 4.90 Å². The number of aliphatic hydroxyl groups excluding tert-OH is 1. The number of ether oxygens (including phenoxy) is 1. The normalized spacial score (nSPS) is 39.8. The van der Waals surface area contributed by atoms with E-state index in [9.17, 15) is 5.11 Å². The molecule has 0 aromatic heterocycles. The van der Waals surface area contributed by atoms with Gasteiger partial charge in [0.25, 0.3) is 0 Å². The molecule has 1 saturated heterocycles. The molecule has 1 N–H and O–H groups in total. The average molecular weight is 309 g/mol. The molecule has 1 aliphatic heterocycles. The van der Waals surface area contributed by atoms with Crippen LogP contribution in [0.25, 0.3) is 0 Å². The van der Waals surface area contributed by atoms with Crippen molar-refractivity contribution in [2.75, 3.05) is 26.2 Å². The molecule has 128 valence electrons. The largest absolute Gasteiger partial charge is 0.389 e. The SMILES string of the molecule is CC1(C)[C@H]2CC[C@@]1(C)[C@H](OC[C@H](O)CN1CCCCCC1)C2. The Balaban J connectivity index is 1.46. The van der Waals surface area contributed by atoms with Crippen LogP contribution in [-0.4, -0.2) is 48.5 Å². The molecule has 2 saturated carbocycles. The number of aliphatic hydroxyl groups is 1. The monoisotopic (exact) mass is 309 g/mol. The van der Waals surface area contributed by atoms with E-state index in [1.807, 2.05) is 0 Å². The third-order valence-electron chi connectivity index (χ3n) is 7.37. The van der Waals surface area contributed by atoms with Gasteiger partial charge in [0.2, 0.25) is 0 Å². The van der Waals surface area contributed by atoms with E-state index >= 15 is 0 Å². The Morgan fingerprint density at radius 3 is 2.36 bits per heavy atom. The van der Waals surface area contributed by atoms with Crippen LogP contribution >= 0.6 is 0 Å². The predicted octanol–water partition coefficient (Wildman–Crippen LogP) is 3.45. The van der Waals surface area contributed by atoms with E-state index < -0.39 is 0 Å². The van der Waals surface area contributed by atoms with Crippen LogP contribution in [0, 0.1) is 16.7 Å². The second kappa shape index (κ2) is 6.41. The van der Waals surface area contributed by atoms with E-state index in [1.54, 1.807) is 0 Å². The number of hydrogen-bond donors (Lipinski definition) is 1. The van der Waals surface area contributed by atoms with Gasteiger partial charge in [-0.25, -0.2) is 0 Å². The first-order chi connectivity index (χ1) is 10.4. The lowest BCUT2D eigenvalue weighted by atomic mass is 9.70. The van der Waals surface area contributed by atoms with Gasteiger partial charge in [0.1, 0.15) is 0 Å². The summed E-state index contributed by atoms with van der Waals surface area (Å²) in [6.45, 7) is 10.8. The smallest absolute Gasteiger partial charge is 0.0900 e. The zero-order valence-electron chi connectivity index (χ0n) is 14.8. The van der Waals surface area contributed by atoms with Crippen molar-refractivity contribution < 1.29 is 9.84 Å². The van der Waals surface area contributed by atoms with Crippen LogP contribution in [0.5, 0.6) is 0 Å². The summed E-state index contributed by atoms with van der Waals surface area (Å²) in [6.07, 6.45) is 9.12. The highest BCUT2D eigenvalue weighted by Crippen LogP contribution is 2.66. The number of nitrogens with zero attached hydrogens (tertiary/aromatic N) is 1. The molecule has 3 nitrogen and oxygen atoms in total. The van der Waals surface area contributed by atoms with Crippen molar-refractivity contribution in [2.45, 2.75) is 77.9 Å². The summed E-state index contributed by atoms with van der Waals surface area (Å²) in [4.78, 5) is 2.42. The summed E-state index contributed by atoms with van der Waals surface area (Å²) in [6, 6.07) is 0. The van der Waals surface area contributed by atoms with Gasteiger partial charge in [-0.3, -0.25) is 0 Å². The summed E-state index contributed by atoms with van der Waals surface area (Å²) in [7, 11) is 0. The second-order valence-electron chi connectivity index (χ2n) is 8.80. The third-order valence-corrected chi connectivity index (χ3v) is 7.37. The van der Waals surface area contributed by atoms with Crippen molar-refractivity contribution in [1.29, 1.82) is 0 Å². The Morgan fingerprint density at radius 1 is 1.14 bits per heavy atom. The standard InChI is InChI=1S/C19H35NO2/c1-18(2)15-8-9-19(18,3)17(12-15)22-14-16(21)13-20-10-6-4-5-7-11-20/h15-17,21H,4-14H2,1-3H3/t15-,16+,17+,19-/m0/s1. The van der Waals surface area contributed by atoms with E-state index in [2.05, 4.69) is 25.7 Å². The minimum absolute atomic E-state index is 0.306. The molecule has 22 heavy (non-hydrogen) atoms. The minimum atomic E-state index is -0.330. The zero-order chi connectivity index (χ0) is 15.8. The Kier molecular flexibility index (Phi) is 4.87. The van der Waals surface area contributed by atoms with E-state index in [4.69, 9.17) is 4.74 Å². The number of rotatable bonds is 5. The van der Waals surface area contributed by atoms with Gasteiger partial charge in [0, 0.05) is 6.54 Å². The lowest BCUT2D eigenvalue weighted by molar-refractivity contribution is -0.0791. The summed E-state index contributed by atoms with van der Waals surface area (Å²) in [5, 5.41) is 10.4. The molecule has 3 rings (SSSR count). The molecule has 4 atom stereocenters. The van der Waals surface area contributed by atoms with Gasteiger partial charge in [0.05, 0.1) is 18.8 Å². The third kappa shape index (κ3) is 2.97. The van der Waals surface area contributed by atoms with E-state index in [0.29, 0.717) is 23.5 Å². The first-order valence-corrected chi connectivity index (χ1v) is 9.45. The van der Waals surface area contributed by atoms with Crippen LogP contribution in [0.2, 0.25) is 0 Å². The average Bonchev–Trinajstić information content (AvgIpc) is 2.74. The number of likely N-dealkylation sites (tertiary alicyclic amines) is 1. The first-order valence-electron chi connectivity index (χ1n) is 9.45. The van der Waals surface area contributed by atoms with Gasteiger partial charge in [-0.1, -0.05) is 33.6 Å². The van der Waals surface area contributed by atoms with Gasteiger partial charge in [0.15, 0.2) is 0 Å². The molecule has 0 unspecified atom stereocenters. The van der Waals surface area contributed by atoms with Gasteiger partial charge in [-0.05, 0) is 61.9 Å². The van der Waals surface area contributed by atoms with Crippen molar-refractivity contribution >= 4 is 0 Å². The summed E-state index contributed by atoms with van der Waals surface area (Å²) in [5.74, 6) is 0.810. The molecule has 0 amide bonds. The maximum Gasteiger partial charge on any atom is 0.0900 e. The topological polar surface area (TPSA) is 32.7 Å². The lowest BCUT2D eigenvalue weighted by Crippen LogP contribution is -2.40. The van der Waals surface area contributed by atoms with Crippen LogP contribution in [-0.2, 0) is 4.74 Å². The summed E-state index contributed by atoms with van der Waals surface area (Å²) >= 11 is 0. The Labute approximate surface area is 136 Å². The van der Waals surface area contributed by atoms with Crippen molar-refractivity contribution in [2.24, 2.45) is 16.7 Å². The molecule has 1 heterocycles.